The normalized spacial score (nSPS) is 10.4. The highest BCUT2D eigenvalue weighted by molar-refractivity contribution is 6.33. The number of nitro benzene ring substituents is 1. The van der Waals surface area contributed by atoms with Gasteiger partial charge >= 0.3 is 11.7 Å². The highest BCUT2D eigenvalue weighted by atomic mass is 35.5. The molecule has 0 amide bonds. The zero-order valence-electron chi connectivity index (χ0n) is 10.9. The van der Waals surface area contributed by atoms with E-state index in [2.05, 4.69) is 4.74 Å². The fraction of sp³-hybridized carbons (Fsp3) is 0.417. The number of rotatable bonds is 5. The van der Waals surface area contributed by atoms with Crippen molar-refractivity contribution in [3.05, 3.63) is 33.3 Å². The lowest BCUT2D eigenvalue weighted by molar-refractivity contribution is -0.384. The molecular formula is C12H15ClN2O4. The number of methoxy groups -OCH3 is 1. The van der Waals surface area contributed by atoms with Crippen molar-refractivity contribution in [2.45, 2.75) is 19.9 Å². The predicted molar refractivity (Wildman–Crippen MR) is 72.6 cm³/mol. The minimum atomic E-state index is -0.551. The maximum absolute atomic E-state index is 11.4. The van der Waals surface area contributed by atoms with E-state index in [1.807, 2.05) is 13.8 Å². The molecule has 0 atom stereocenters. The number of esters is 1. The zero-order chi connectivity index (χ0) is 14.6. The highest BCUT2D eigenvalue weighted by Crippen LogP contribution is 2.35. The first kappa shape index (κ1) is 15.2. The summed E-state index contributed by atoms with van der Waals surface area (Å²) in [6.45, 7) is 3.58. The molecule has 1 aromatic rings. The van der Waals surface area contributed by atoms with Gasteiger partial charge in [-0.3, -0.25) is 14.9 Å². The summed E-state index contributed by atoms with van der Waals surface area (Å²) in [5.41, 5.74) is 0.0969. The third-order valence-corrected chi connectivity index (χ3v) is 2.91. The second-order valence-electron chi connectivity index (χ2n) is 4.16. The lowest BCUT2D eigenvalue weighted by atomic mass is 10.2. The molecular weight excluding hydrogens is 272 g/mol. The van der Waals surface area contributed by atoms with E-state index in [0.29, 0.717) is 5.69 Å². The summed E-state index contributed by atoms with van der Waals surface area (Å²) in [5.74, 6) is -0.469. The van der Waals surface area contributed by atoms with Gasteiger partial charge in [0.05, 0.1) is 12.0 Å². The number of benzene rings is 1. The van der Waals surface area contributed by atoms with Crippen molar-refractivity contribution < 1.29 is 14.5 Å². The molecule has 0 heterocycles. The molecule has 1 aromatic carbocycles. The molecule has 0 unspecified atom stereocenters. The first-order valence-corrected chi connectivity index (χ1v) is 6.02. The Morgan fingerprint density at radius 2 is 2.16 bits per heavy atom. The molecule has 0 aliphatic carbocycles. The number of hydrogen-bond acceptors (Lipinski definition) is 5. The number of carbonyl (C=O) groups excluding carboxylic acids is 1. The maximum atomic E-state index is 11.4. The monoisotopic (exact) mass is 286 g/mol. The molecule has 0 aromatic heterocycles. The summed E-state index contributed by atoms with van der Waals surface area (Å²) in [5, 5.41) is 11.1. The van der Waals surface area contributed by atoms with Gasteiger partial charge in [0.2, 0.25) is 0 Å². The summed E-state index contributed by atoms with van der Waals surface area (Å²) >= 11 is 5.86. The number of para-hydroxylation sites is 1. The summed E-state index contributed by atoms with van der Waals surface area (Å²) in [6, 6.07) is 4.50. The van der Waals surface area contributed by atoms with Gasteiger partial charge in [0.25, 0.3) is 0 Å². The second-order valence-corrected chi connectivity index (χ2v) is 4.57. The molecule has 1 rings (SSSR count). The van der Waals surface area contributed by atoms with E-state index in [1.165, 1.54) is 13.2 Å². The molecule has 0 fully saturated rings. The average Bonchev–Trinajstić information content (AvgIpc) is 2.34. The molecule has 19 heavy (non-hydrogen) atoms. The second kappa shape index (κ2) is 6.38. The molecule has 0 aliphatic heterocycles. The number of nitro groups is 1. The van der Waals surface area contributed by atoms with Gasteiger partial charge in [-0.15, -0.1) is 0 Å². The molecule has 0 spiro atoms. The standard InChI is InChI=1S/C12H15ClN2O4/c1-8(2)14(7-11(16)19-3)10-6-4-5-9(13)12(10)15(17)18/h4-6,8H,7H2,1-3H3. The molecule has 7 heteroatoms. The molecule has 0 N–H and O–H groups in total. The van der Waals surface area contributed by atoms with Gasteiger partial charge < -0.3 is 9.64 Å². The van der Waals surface area contributed by atoms with Crippen LogP contribution in [0.1, 0.15) is 13.8 Å². The number of halogens is 1. The Hall–Kier alpha value is -1.82. The Morgan fingerprint density at radius 3 is 2.63 bits per heavy atom. The van der Waals surface area contributed by atoms with Gasteiger partial charge in [-0.25, -0.2) is 0 Å². The van der Waals surface area contributed by atoms with Crippen molar-refractivity contribution in [2.24, 2.45) is 0 Å². The van der Waals surface area contributed by atoms with E-state index < -0.39 is 10.9 Å². The first-order valence-electron chi connectivity index (χ1n) is 5.64. The molecule has 0 bridgehead atoms. The van der Waals surface area contributed by atoms with Crippen LogP contribution >= 0.6 is 11.6 Å². The van der Waals surface area contributed by atoms with Crippen LogP contribution in [0.25, 0.3) is 0 Å². The van der Waals surface area contributed by atoms with Crippen molar-refractivity contribution in [3.63, 3.8) is 0 Å². The molecule has 104 valence electrons. The van der Waals surface area contributed by atoms with Crippen molar-refractivity contribution in [3.8, 4) is 0 Å². The fourth-order valence-corrected chi connectivity index (χ4v) is 1.90. The van der Waals surface area contributed by atoms with Crippen molar-refractivity contribution in [1.29, 1.82) is 0 Å². The van der Waals surface area contributed by atoms with Crippen LogP contribution in [0.15, 0.2) is 18.2 Å². The SMILES string of the molecule is COC(=O)CN(c1cccc(Cl)c1[N+](=O)[O-])C(C)C. The third-order valence-electron chi connectivity index (χ3n) is 2.61. The zero-order valence-corrected chi connectivity index (χ0v) is 11.7. The minimum absolute atomic E-state index is 0.0398. The van der Waals surface area contributed by atoms with Crippen LogP contribution in [0.2, 0.25) is 5.02 Å². The number of hydrogen-bond donors (Lipinski definition) is 0. The number of anilines is 1. The molecule has 6 nitrogen and oxygen atoms in total. The van der Waals surface area contributed by atoms with Gasteiger partial charge in [0, 0.05) is 6.04 Å². The molecule has 0 saturated heterocycles. The summed E-state index contributed by atoms with van der Waals surface area (Å²) < 4.78 is 4.60. The van der Waals surface area contributed by atoms with Crippen molar-refractivity contribution in [1.82, 2.24) is 0 Å². The number of carbonyl (C=O) groups is 1. The summed E-state index contributed by atoms with van der Waals surface area (Å²) in [6.07, 6.45) is 0. The lowest BCUT2D eigenvalue weighted by Gasteiger charge is -2.27. The summed E-state index contributed by atoms with van der Waals surface area (Å²) in [4.78, 5) is 23.5. The topological polar surface area (TPSA) is 72.7 Å². The Morgan fingerprint density at radius 1 is 1.53 bits per heavy atom. The predicted octanol–water partition coefficient (Wildman–Crippen LogP) is 2.64. The smallest absolute Gasteiger partial charge is 0.325 e. The number of ether oxygens (including phenoxy) is 1. The minimum Gasteiger partial charge on any atom is -0.468 e. The Bertz CT molecular complexity index is 491. The van der Waals surface area contributed by atoms with E-state index >= 15 is 0 Å². The van der Waals surface area contributed by atoms with Crippen molar-refractivity contribution in [2.75, 3.05) is 18.6 Å². The Balaban J connectivity index is 3.27. The largest absolute Gasteiger partial charge is 0.468 e. The molecule has 0 radical (unpaired) electrons. The van der Waals surface area contributed by atoms with Gasteiger partial charge in [0.1, 0.15) is 17.3 Å². The van der Waals surface area contributed by atoms with Gasteiger partial charge in [0.15, 0.2) is 0 Å². The van der Waals surface area contributed by atoms with Crippen molar-refractivity contribution >= 4 is 28.9 Å². The van der Waals surface area contributed by atoms with Gasteiger partial charge in [-0.1, -0.05) is 17.7 Å². The van der Waals surface area contributed by atoms with Gasteiger partial charge in [-0.05, 0) is 26.0 Å². The van der Waals surface area contributed by atoms with E-state index in [9.17, 15) is 14.9 Å². The van der Waals surface area contributed by atoms with E-state index in [-0.39, 0.29) is 23.3 Å². The maximum Gasteiger partial charge on any atom is 0.325 e. The van der Waals surface area contributed by atoms with Crippen LogP contribution in [0.5, 0.6) is 0 Å². The van der Waals surface area contributed by atoms with Crippen LogP contribution in [0.3, 0.4) is 0 Å². The van der Waals surface area contributed by atoms with E-state index in [4.69, 9.17) is 11.6 Å². The molecule has 0 saturated carbocycles. The molecule has 0 aliphatic rings. The van der Waals surface area contributed by atoms with Crippen LogP contribution < -0.4 is 4.90 Å². The first-order chi connectivity index (χ1) is 8.88. The van der Waals surface area contributed by atoms with Crippen LogP contribution in [-0.4, -0.2) is 30.6 Å². The van der Waals surface area contributed by atoms with E-state index in [0.717, 1.165) is 0 Å². The number of nitrogens with zero attached hydrogens (tertiary/aromatic N) is 2. The van der Waals surface area contributed by atoms with Crippen LogP contribution in [-0.2, 0) is 9.53 Å². The third kappa shape index (κ3) is 3.57. The van der Waals surface area contributed by atoms with Crippen LogP contribution in [0.4, 0.5) is 11.4 Å². The van der Waals surface area contributed by atoms with Crippen LogP contribution in [0, 0.1) is 10.1 Å². The highest BCUT2D eigenvalue weighted by Gasteiger charge is 2.26. The lowest BCUT2D eigenvalue weighted by Crippen LogP contribution is -2.36. The quantitative estimate of drug-likeness (QED) is 0.473. The average molecular weight is 287 g/mol. The Labute approximate surface area is 116 Å². The summed E-state index contributed by atoms with van der Waals surface area (Å²) in [7, 11) is 1.27. The fourth-order valence-electron chi connectivity index (χ4n) is 1.67. The van der Waals surface area contributed by atoms with E-state index in [1.54, 1.807) is 17.0 Å². The Kier molecular flexibility index (Phi) is 5.11. The van der Waals surface area contributed by atoms with Gasteiger partial charge in [-0.2, -0.15) is 0 Å².